The Morgan fingerprint density at radius 2 is 2.12 bits per heavy atom. The van der Waals surface area contributed by atoms with Gasteiger partial charge >= 0.3 is 5.97 Å². The van der Waals surface area contributed by atoms with Crippen molar-refractivity contribution in [3.63, 3.8) is 0 Å². The average Bonchev–Trinajstić information content (AvgIpc) is 2.19. The van der Waals surface area contributed by atoms with E-state index in [0.717, 1.165) is 11.1 Å². The van der Waals surface area contributed by atoms with Gasteiger partial charge in [-0.15, -0.1) is 0 Å². The minimum atomic E-state index is -1.43. The molecule has 3 N–H and O–H groups in total. The largest absolute Gasteiger partial charge is 0.480 e. The van der Waals surface area contributed by atoms with E-state index in [2.05, 4.69) is 0 Å². The normalized spacial score (nSPS) is 13.5. The molecule has 0 radical (unpaired) electrons. The van der Waals surface area contributed by atoms with Crippen LogP contribution in [0.1, 0.15) is 30.5 Å². The molecule has 0 amide bonds. The van der Waals surface area contributed by atoms with Crippen molar-refractivity contribution in [1.82, 2.24) is 0 Å². The van der Waals surface area contributed by atoms with Crippen molar-refractivity contribution in [2.45, 2.75) is 38.9 Å². The Kier molecular flexibility index (Phi) is 3.88. The maximum Gasteiger partial charge on any atom is 0.320 e. The minimum absolute atomic E-state index is 0.213. The lowest BCUT2D eigenvalue weighted by Crippen LogP contribution is -2.32. The molecule has 94 valence electrons. The van der Waals surface area contributed by atoms with E-state index in [4.69, 9.17) is 10.8 Å². The number of alkyl halides is 1. The van der Waals surface area contributed by atoms with Crippen LogP contribution in [0.25, 0.3) is 0 Å². The third-order valence-electron chi connectivity index (χ3n) is 2.79. The smallest absolute Gasteiger partial charge is 0.320 e. The number of aliphatic carboxylic acids is 1. The Balaban J connectivity index is 3.03. The second-order valence-corrected chi connectivity index (χ2v) is 4.76. The average molecular weight is 239 g/mol. The van der Waals surface area contributed by atoms with E-state index in [0.29, 0.717) is 5.56 Å². The van der Waals surface area contributed by atoms with Crippen molar-refractivity contribution < 1.29 is 14.3 Å². The molecule has 1 unspecified atom stereocenters. The summed E-state index contributed by atoms with van der Waals surface area (Å²) in [6.45, 7) is 4.80. The van der Waals surface area contributed by atoms with Gasteiger partial charge in [-0.3, -0.25) is 4.79 Å². The molecule has 0 aliphatic carbocycles. The number of nitrogens with two attached hydrogens (primary N) is 1. The van der Waals surface area contributed by atoms with Gasteiger partial charge in [-0.1, -0.05) is 18.2 Å². The zero-order valence-corrected chi connectivity index (χ0v) is 10.3. The highest BCUT2D eigenvalue weighted by Gasteiger charge is 2.20. The SMILES string of the molecule is Cc1ccc(C(C)(C)F)cc1CC(N)C(=O)O. The van der Waals surface area contributed by atoms with Crippen molar-refractivity contribution in [2.24, 2.45) is 5.73 Å². The van der Waals surface area contributed by atoms with Gasteiger partial charge in [0.1, 0.15) is 11.7 Å². The summed E-state index contributed by atoms with van der Waals surface area (Å²) in [5.74, 6) is -1.05. The molecule has 4 heteroatoms. The molecule has 1 rings (SSSR count). The van der Waals surface area contributed by atoms with Gasteiger partial charge in [0, 0.05) is 0 Å². The summed E-state index contributed by atoms with van der Waals surface area (Å²) in [6.07, 6.45) is 0.213. The number of hydrogen-bond donors (Lipinski definition) is 2. The Hall–Kier alpha value is -1.42. The first kappa shape index (κ1) is 13.6. The van der Waals surface area contributed by atoms with Crippen LogP contribution in [0.15, 0.2) is 18.2 Å². The molecule has 0 spiro atoms. The van der Waals surface area contributed by atoms with Crippen LogP contribution in [-0.4, -0.2) is 17.1 Å². The van der Waals surface area contributed by atoms with Gasteiger partial charge in [0.25, 0.3) is 0 Å². The number of carboxylic acid groups (broad SMARTS) is 1. The number of benzene rings is 1. The van der Waals surface area contributed by atoms with Gasteiger partial charge in [-0.05, 0) is 43.9 Å². The first-order valence-corrected chi connectivity index (χ1v) is 5.49. The van der Waals surface area contributed by atoms with Crippen molar-refractivity contribution in [1.29, 1.82) is 0 Å². The van der Waals surface area contributed by atoms with Gasteiger partial charge in [-0.25, -0.2) is 4.39 Å². The van der Waals surface area contributed by atoms with Crippen molar-refractivity contribution in [3.05, 3.63) is 34.9 Å². The quantitative estimate of drug-likeness (QED) is 0.846. The standard InChI is InChI=1S/C13H18FNO2/c1-8-4-5-10(13(2,3)14)6-9(8)7-11(15)12(16)17/h4-6,11H,7,15H2,1-3H3,(H,16,17). The highest BCUT2D eigenvalue weighted by molar-refractivity contribution is 5.73. The van der Waals surface area contributed by atoms with Gasteiger partial charge in [-0.2, -0.15) is 0 Å². The van der Waals surface area contributed by atoms with Crippen LogP contribution in [-0.2, 0) is 16.9 Å². The first-order chi connectivity index (χ1) is 7.71. The van der Waals surface area contributed by atoms with Gasteiger partial charge in [0.05, 0.1) is 0 Å². The van der Waals surface area contributed by atoms with E-state index in [9.17, 15) is 9.18 Å². The molecule has 0 saturated heterocycles. The Morgan fingerprint density at radius 3 is 2.59 bits per heavy atom. The molecule has 0 heterocycles. The molecular weight excluding hydrogens is 221 g/mol. The van der Waals surface area contributed by atoms with Gasteiger partial charge in [0.2, 0.25) is 0 Å². The summed E-state index contributed by atoms with van der Waals surface area (Å²) in [4.78, 5) is 10.7. The molecule has 0 fully saturated rings. The fraction of sp³-hybridized carbons (Fsp3) is 0.462. The molecule has 1 aromatic rings. The van der Waals surface area contributed by atoms with E-state index in [1.54, 1.807) is 18.2 Å². The summed E-state index contributed by atoms with van der Waals surface area (Å²) >= 11 is 0. The third-order valence-corrected chi connectivity index (χ3v) is 2.79. The summed E-state index contributed by atoms with van der Waals surface area (Å²) in [7, 11) is 0. The lowest BCUT2D eigenvalue weighted by Gasteiger charge is -2.18. The monoisotopic (exact) mass is 239 g/mol. The zero-order chi connectivity index (χ0) is 13.2. The molecule has 1 atom stereocenters. The molecule has 0 saturated carbocycles. The maximum absolute atomic E-state index is 13.8. The molecule has 0 aromatic heterocycles. The summed E-state index contributed by atoms with van der Waals surface area (Å²) in [5.41, 5.74) is 6.29. The fourth-order valence-electron chi connectivity index (χ4n) is 1.59. The van der Waals surface area contributed by atoms with Crippen LogP contribution in [0.5, 0.6) is 0 Å². The second kappa shape index (κ2) is 4.84. The van der Waals surface area contributed by atoms with Crippen LogP contribution in [0.3, 0.4) is 0 Å². The minimum Gasteiger partial charge on any atom is -0.480 e. The highest BCUT2D eigenvalue weighted by Crippen LogP contribution is 2.26. The number of hydrogen-bond acceptors (Lipinski definition) is 2. The molecule has 0 aliphatic heterocycles. The van der Waals surface area contributed by atoms with Crippen LogP contribution in [0, 0.1) is 6.92 Å². The Labute approximate surface area is 100 Å². The lowest BCUT2D eigenvalue weighted by atomic mass is 9.93. The summed E-state index contributed by atoms with van der Waals surface area (Å²) < 4.78 is 13.8. The first-order valence-electron chi connectivity index (χ1n) is 5.49. The second-order valence-electron chi connectivity index (χ2n) is 4.76. The molecular formula is C13H18FNO2. The van der Waals surface area contributed by atoms with E-state index >= 15 is 0 Å². The van der Waals surface area contributed by atoms with Crippen LogP contribution in [0.2, 0.25) is 0 Å². The van der Waals surface area contributed by atoms with Gasteiger partial charge in [0.15, 0.2) is 0 Å². The zero-order valence-electron chi connectivity index (χ0n) is 10.3. The molecule has 1 aromatic carbocycles. The molecule has 17 heavy (non-hydrogen) atoms. The van der Waals surface area contributed by atoms with Gasteiger partial charge < -0.3 is 10.8 Å². The van der Waals surface area contributed by atoms with Crippen molar-refractivity contribution >= 4 is 5.97 Å². The predicted molar refractivity (Wildman–Crippen MR) is 64.6 cm³/mol. The van der Waals surface area contributed by atoms with Crippen LogP contribution < -0.4 is 5.73 Å². The number of aryl methyl sites for hydroxylation is 1. The highest BCUT2D eigenvalue weighted by atomic mass is 19.1. The van der Waals surface area contributed by atoms with Crippen molar-refractivity contribution in [3.8, 4) is 0 Å². The van der Waals surface area contributed by atoms with E-state index in [1.807, 2.05) is 6.92 Å². The molecule has 3 nitrogen and oxygen atoms in total. The Bertz CT molecular complexity index is 424. The van der Waals surface area contributed by atoms with Crippen molar-refractivity contribution in [2.75, 3.05) is 0 Å². The fourth-order valence-corrected chi connectivity index (χ4v) is 1.59. The summed E-state index contributed by atoms with van der Waals surface area (Å²) in [6, 6.07) is 4.25. The number of carbonyl (C=O) groups is 1. The Morgan fingerprint density at radius 1 is 1.53 bits per heavy atom. The molecule has 0 aliphatic rings. The maximum atomic E-state index is 13.8. The number of rotatable bonds is 4. The van der Waals surface area contributed by atoms with E-state index < -0.39 is 17.7 Å². The third kappa shape index (κ3) is 3.53. The van der Waals surface area contributed by atoms with Crippen LogP contribution in [0.4, 0.5) is 4.39 Å². The summed E-state index contributed by atoms with van der Waals surface area (Å²) in [5, 5.41) is 8.76. The predicted octanol–water partition coefficient (Wildman–Crippen LogP) is 2.15. The van der Waals surface area contributed by atoms with E-state index in [1.165, 1.54) is 13.8 Å². The lowest BCUT2D eigenvalue weighted by molar-refractivity contribution is -0.138. The number of halogens is 1. The van der Waals surface area contributed by atoms with E-state index in [-0.39, 0.29) is 6.42 Å². The van der Waals surface area contributed by atoms with Crippen LogP contribution >= 0.6 is 0 Å². The number of carboxylic acids is 1. The molecule has 0 bridgehead atoms. The topological polar surface area (TPSA) is 63.3 Å².